The van der Waals surface area contributed by atoms with Gasteiger partial charge in [-0.1, -0.05) is 33.6 Å². The van der Waals surface area contributed by atoms with Crippen molar-refractivity contribution < 1.29 is 0 Å². The first-order valence-corrected chi connectivity index (χ1v) is 5.22. The molecule has 0 radical (unpaired) electrons. The molecule has 0 aliphatic carbocycles. The molecule has 1 rings (SSSR count). The van der Waals surface area contributed by atoms with Crippen molar-refractivity contribution in [2.75, 3.05) is 0 Å². The smallest absolute Gasteiger partial charge is 0.0452 e. The maximum Gasteiger partial charge on any atom is 0.0452 e. The first kappa shape index (κ1) is 10.1. The molecule has 0 nitrogen and oxygen atoms in total. The van der Waals surface area contributed by atoms with Gasteiger partial charge >= 0.3 is 0 Å². The molecule has 1 unspecified atom stereocenters. The van der Waals surface area contributed by atoms with E-state index in [0.717, 1.165) is 5.02 Å². The monoisotopic (exact) mass is 246 g/mol. The Balaban J connectivity index is 3.23. The Morgan fingerprint density at radius 1 is 1.25 bits per heavy atom. The Kier molecular flexibility index (Phi) is 3.19. The van der Waals surface area contributed by atoms with Crippen LogP contribution in [0.2, 0.25) is 5.02 Å². The molecule has 0 N–H and O–H groups in total. The minimum absolute atomic E-state index is 0.323. The van der Waals surface area contributed by atoms with Crippen molar-refractivity contribution in [3.05, 3.63) is 33.8 Å². The van der Waals surface area contributed by atoms with Crippen LogP contribution in [0.1, 0.15) is 28.4 Å². The molecule has 12 heavy (non-hydrogen) atoms. The molecule has 0 aliphatic heterocycles. The van der Waals surface area contributed by atoms with Crippen molar-refractivity contribution in [2.45, 2.75) is 25.6 Å². The van der Waals surface area contributed by atoms with E-state index in [-0.39, 0.29) is 0 Å². The van der Waals surface area contributed by atoms with E-state index in [1.807, 2.05) is 6.07 Å². The number of alkyl halides is 1. The lowest BCUT2D eigenvalue weighted by atomic mass is 10.0. The summed E-state index contributed by atoms with van der Waals surface area (Å²) in [6.45, 7) is 6.25. The van der Waals surface area contributed by atoms with Gasteiger partial charge in [-0.15, -0.1) is 0 Å². The number of rotatable bonds is 1. The van der Waals surface area contributed by atoms with Gasteiger partial charge in [0.2, 0.25) is 0 Å². The highest BCUT2D eigenvalue weighted by Crippen LogP contribution is 2.30. The van der Waals surface area contributed by atoms with Gasteiger partial charge in [-0.05, 0) is 43.5 Å². The van der Waals surface area contributed by atoms with E-state index in [0.29, 0.717) is 4.83 Å². The standard InChI is InChI=1S/C10H12BrCl/c1-6-4-9(8(3)11)10(12)5-7(6)2/h4-5,8H,1-3H3. The van der Waals surface area contributed by atoms with E-state index in [9.17, 15) is 0 Å². The molecule has 0 saturated heterocycles. The van der Waals surface area contributed by atoms with Gasteiger partial charge in [-0.3, -0.25) is 0 Å². The van der Waals surface area contributed by atoms with Gasteiger partial charge in [-0.2, -0.15) is 0 Å². The van der Waals surface area contributed by atoms with Crippen molar-refractivity contribution in [1.82, 2.24) is 0 Å². The summed E-state index contributed by atoms with van der Waals surface area (Å²) in [4.78, 5) is 0.323. The van der Waals surface area contributed by atoms with Crippen LogP contribution in [0.4, 0.5) is 0 Å². The fraction of sp³-hybridized carbons (Fsp3) is 0.400. The SMILES string of the molecule is Cc1cc(Cl)c(C(C)Br)cc1C. The molecule has 0 saturated carbocycles. The average Bonchev–Trinajstić information content (AvgIpc) is 1.96. The van der Waals surface area contributed by atoms with Gasteiger partial charge in [0, 0.05) is 9.85 Å². The number of aryl methyl sites for hydroxylation is 2. The molecule has 0 bridgehead atoms. The van der Waals surface area contributed by atoms with E-state index in [2.05, 4.69) is 42.8 Å². The van der Waals surface area contributed by atoms with E-state index in [4.69, 9.17) is 11.6 Å². The third-order valence-corrected chi connectivity index (χ3v) is 2.86. The summed E-state index contributed by atoms with van der Waals surface area (Å²) in [6, 6.07) is 4.15. The van der Waals surface area contributed by atoms with E-state index in [1.54, 1.807) is 0 Å². The third kappa shape index (κ3) is 2.02. The molecule has 1 aromatic rings. The lowest BCUT2D eigenvalue weighted by Gasteiger charge is -2.09. The molecular formula is C10H12BrCl. The van der Waals surface area contributed by atoms with Gasteiger partial charge in [-0.25, -0.2) is 0 Å². The Bertz CT molecular complexity index is 292. The van der Waals surface area contributed by atoms with Gasteiger partial charge in [0.15, 0.2) is 0 Å². The maximum absolute atomic E-state index is 6.07. The fourth-order valence-electron chi connectivity index (χ4n) is 1.11. The zero-order valence-corrected chi connectivity index (χ0v) is 9.83. The van der Waals surface area contributed by atoms with Crippen LogP contribution >= 0.6 is 27.5 Å². The van der Waals surface area contributed by atoms with Crippen LogP contribution in [0.5, 0.6) is 0 Å². The molecule has 0 spiro atoms. The van der Waals surface area contributed by atoms with Gasteiger partial charge in [0.25, 0.3) is 0 Å². The molecule has 0 amide bonds. The molecule has 66 valence electrons. The number of hydrogen-bond donors (Lipinski definition) is 0. The molecule has 1 aromatic carbocycles. The van der Waals surface area contributed by atoms with E-state index in [1.165, 1.54) is 16.7 Å². The summed E-state index contributed by atoms with van der Waals surface area (Å²) in [7, 11) is 0. The molecule has 1 atom stereocenters. The minimum Gasteiger partial charge on any atom is -0.0841 e. The quantitative estimate of drug-likeness (QED) is 0.645. The van der Waals surface area contributed by atoms with E-state index < -0.39 is 0 Å². The summed E-state index contributed by atoms with van der Waals surface area (Å²) < 4.78 is 0. The van der Waals surface area contributed by atoms with Crippen LogP contribution in [0, 0.1) is 13.8 Å². The van der Waals surface area contributed by atoms with Crippen LogP contribution < -0.4 is 0 Å². The summed E-state index contributed by atoms with van der Waals surface area (Å²) in [5.74, 6) is 0. The first-order chi connectivity index (χ1) is 5.52. The maximum atomic E-state index is 6.07. The van der Waals surface area contributed by atoms with Crippen LogP contribution in [-0.2, 0) is 0 Å². The van der Waals surface area contributed by atoms with Crippen molar-refractivity contribution in [2.24, 2.45) is 0 Å². The molecular weight excluding hydrogens is 235 g/mol. The molecule has 0 aromatic heterocycles. The second-order valence-corrected chi connectivity index (χ2v) is 4.85. The predicted molar refractivity (Wildman–Crippen MR) is 58.3 cm³/mol. The lowest BCUT2D eigenvalue weighted by Crippen LogP contribution is -1.89. The predicted octanol–water partition coefficient (Wildman–Crippen LogP) is 4.41. The Morgan fingerprint density at radius 2 is 1.75 bits per heavy atom. The summed E-state index contributed by atoms with van der Waals surface area (Å²) in [6.07, 6.45) is 0. The zero-order chi connectivity index (χ0) is 9.30. The van der Waals surface area contributed by atoms with E-state index >= 15 is 0 Å². The van der Waals surface area contributed by atoms with Crippen LogP contribution in [0.25, 0.3) is 0 Å². The third-order valence-electron chi connectivity index (χ3n) is 2.04. The number of benzene rings is 1. The van der Waals surface area contributed by atoms with Gasteiger partial charge in [0.1, 0.15) is 0 Å². The largest absolute Gasteiger partial charge is 0.0841 e. The van der Waals surface area contributed by atoms with Crippen molar-refractivity contribution in [1.29, 1.82) is 0 Å². The van der Waals surface area contributed by atoms with Crippen molar-refractivity contribution in [3.63, 3.8) is 0 Å². The van der Waals surface area contributed by atoms with Crippen molar-refractivity contribution in [3.8, 4) is 0 Å². The number of hydrogen-bond acceptors (Lipinski definition) is 0. The topological polar surface area (TPSA) is 0 Å². The first-order valence-electron chi connectivity index (χ1n) is 3.93. The van der Waals surface area contributed by atoms with Crippen LogP contribution in [0.3, 0.4) is 0 Å². The Hall–Kier alpha value is -0.0100. The molecule has 2 heteroatoms. The second-order valence-electron chi connectivity index (χ2n) is 3.07. The zero-order valence-electron chi connectivity index (χ0n) is 7.49. The van der Waals surface area contributed by atoms with Crippen molar-refractivity contribution >= 4 is 27.5 Å². The molecule has 0 aliphatic rings. The van der Waals surface area contributed by atoms with Gasteiger partial charge < -0.3 is 0 Å². The van der Waals surface area contributed by atoms with Gasteiger partial charge in [0.05, 0.1) is 0 Å². The fourth-order valence-corrected chi connectivity index (χ4v) is 2.00. The summed E-state index contributed by atoms with van der Waals surface area (Å²) in [5, 5.41) is 0.850. The highest BCUT2D eigenvalue weighted by Gasteiger charge is 2.07. The van der Waals surface area contributed by atoms with Crippen LogP contribution in [-0.4, -0.2) is 0 Å². The average molecular weight is 248 g/mol. The normalized spacial score (nSPS) is 13.1. The van der Waals surface area contributed by atoms with Crippen LogP contribution in [0.15, 0.2) is 12.1 Å². The Labute approximate surface area is 87.1 Å². The highest BCUT2D eigenvalue weighted by molar-refractivity contribution is 9.09. The second kappa shape index (κ2) is 3.80. The summed E-state index contributed by atoms with van der Waals surface area (Å²) >= 11 is 9.57. The minimum atomic E-state index is 0.323. The summed E-state index contributed by atoms with van der Waals surface area (Å²) in [5.41, 5.74) is 3.71. The molecule has 0 heterocycles. The number of halogens is 2. The highest BCUT2D eigenvalue weighted by atomic mass is 79.9. The Morgan fingerprint density at radius 3 is 2.25 bits per heavy atom. The molecule has 0 fully saturated rings. The lowest BCUT2D eigenvalue weighted by molar-refractivity contribution is 1.11.